The van der Waals surface area contributed by atoms with Gasteiger partial charge >= 0.3 is 0 Å². The van der Waals surface area contributed by atoms with Crippen molar-refractivity contribution in [2.45, 2.75) is 51.4 Å². The molecule has 3 aromatic rings. The van der Waals surface area contributed by atoms with E-state index in [1.54, 1.807) is 17.2 Å². The maximum Gasteiger partial charge on any atom is 0.298 e. The normalized spacial score (nSPS) is 22.1. The van der Waals surface area contributed by atoms with Crippen LogP contribution in [0.3, 0.4) is 0 Å². The summed E-state index contributed by atoms with van der Waals surface area (Å²) in [6.07, 6.45) is 9.68. The third kappa shape index (κ3) is 3.60. The topological polar surface area (TPSA) is 80.8 Å². The van der Waals surface area contributed by atoms with Crippen molar-refractivity contribution < 1.29 is 4.74 Å². The molecular weight excluding hydrogens is 430 g/mol. The molecule has 0 spiro atoms. The molecule has 2 unspecified atom stereocenters. The van der Waals surface area contributed by atoms with Gasteiger partial charge in [0.2, 0.25) is 0 Å². The van der Waals surface area contributed by atoms with Gasteiger partial charge in [-0.1, -0.05) is 6.07 Å². The number of hydrogen-bond acceptors (Lipinski definition) is 7. The van der Waals surface area contributed by atoms with E-state index < -0.39 is 0 Å². The fourth-order valence-corrected chi connectivity index (χ4v) is 5.08. The van der Waals surface area contributed by atoms with E-state index in [9.17, 15) is 4.79 Å². The minimum Gasteiger partial charge on any atom is -0.432 e. The SMILES string of the molecule is CC(C)n1ccc(C2N=C3OC=CN3C2c2ccc3ncn(CCN4CCCC4)c(=O)c3c2)n1. The highest BCUT2D eigenvalue weighted by atomic mass is 16.5. The van der Waals surface area contributed by atoms with E-state index in [0.717, 1.165) is 30.9 Å². The van der Waals surface area contributed by atoms with Crippen LogP contribution < -0.4 is 5.56 Å². The van der Waals surface area contributed by atoms with Crippen molar-refractivity contribution in [3.05, 3.63) is 70.9 Å². The predicted octanol–water partition coefficient (Wildman–Crippen LogP) is 3.23. The zero-order valence-corrected chi connectivity index (χ0v) is 19.5. The van der Waals surface area contributed by atoms with Crippen molar-refractivity contribution in [3.63, 3.8) is 0 Å². The summed E-state index contributed by atoms with van der Waals surface area (Å²) in [5.41, 5.74) is 2.58. The van der Waals surface area contributed by atoms with Gasteiger partial charge in [-0.2, -0.15) is 5.10 Å². The van der Waals surface area contributed by atoms with E-state index >= 15 is 0 Å². The summed E-state index contributed by atoms with van der Waals surface area (Å²) in [7, 11) is 0. The maximum atomic E-state index is 13.4. The van der Waals surface area contributed by atoms with Gasteiger partial charge in [0.15, 0.2) is 0 Å². The molecule has 2 aromatic heterocycles. The third-order valence-corrected chi connectivity index (χ3v) is 6.97. The summed E-state index contributed by atoms with van der Waals surface area (Å²) in [6.45, 7) is 7.96. The Hall–Kier alpha value is -3.46. The number of aromatic nitrogens is 4. The van der Waals surface area contributed by atoms with Crippen LogP contribution in [0.4, 0.5) is 0 Å². The zero-order valence-electron chi connectivity index (χ0n) is 19.5. The molecule has 0 saturated carbocycles. The highest BCUT2D eigenvalue weighted by Crippen LogP contribution is 2.43. The second-order valence-corrected chi connectivity index (χ2v) is 9.49. The number of rotatable bonds is 6. The van der Waals surface area contributed by atoms with E-state index in [0.29, 0.717) is 23.5 Å². The minimum atomic E-state index is -0.230. The molecule has 2 atom stereocenters. The monoisotopic (exact) mass is 459 g/mol. The highest BCUT2D eigenvalue weighted by molar-refractivity contribution is 5.82. The van der Waals surface area contributed by atoms with Crippen LogP contribution >= 0.6 is 0 Å². The van der Waals surface area contributed by atoms with Gasteiger partial charge < -0.3 is 9.64 Å². The van der Waals surface area contributed by atoms with Crippen molar-refractivity contribution >= 4 is 16.9 Å². The number of aliphatic imine (C=N–C) groups is 1. The Morgan fingerprint density at radius 3 is 2.79 bits per heavy atom. The van der Waals surface area contributed by atoms with E-state index in [-0.39, 0.29) is 23.7 Å². The molecule has 9 heteroatoms. The van der Waals surface area contributed by atoms with Gasteiger partial charge in [-0.25, -0.2) is 9.98 Å². The summed E-state index contributed by atoms with van der Waals surface area (Å²) in [5.74, 6) is 0. The molecule has 1 saturated heterocycles. The molecule has 1 aromatic carbocycles. The largest absolute Gasteiger partial charge is 0.432 e. The van der Waals surface area contributed by atoms with Gasteiger partial charge in [0.05, 0.1) is 29.0 Å². The Bertz CT molecular complexity index is 1330. The van der Waals surface area contributed by atoms with Crippen molar-refractivity contribution in [2.24, 2.45) is 4.99 Å². The predicted molar refractivity (Wildman–Crippen MR) is 129 cm³/mol. The molecule has 0 aliphatic carbocycles. The molecule has 1 fully saturated rings. The van der Waals surface area contributed by atoms with Crippen LogP contribution in [0.5, 0.6) is 0 Å². The van der Waals surface area contributed by atoms with Crippen LogP contribution in [0.1, 0.15) is 56.1 Å². The summed E-state index contributed by atoms with van der Waals surface area (Å²) in [5, 5.41) is 5.40. The van der Waals surface area contributed by atoms with Crippen LogP contribution in [0.2, 0.25) is 0 Å². The molecule has 3 aliphatic rings. The van der Waals surface area contributed by atoms with E-state index in [2.05, 4.69) is 23.7 Å². The van der Waals surface area contributed by atoms with Gasteiger partial charge in [0.1, 0.15) is 12.3 Å². The Balaban J connectivity index is 1.35. The summed E-state index contributed by atoms with van der Waals surface area (Å²) in [4.78, 5) is 27.2. The quantitative estimate of drug-likeness (QED) is 0.563. The average molecular weight is 460 g/mol. The summed E-state index contributed by atoms with van der Waals surface area (Å²) < 4.78 is 9.30. The van der Waals surface area contributed by atoms with Gasteiger partial charge in [0.25, 0.3) is 11.6 Å². The summed E-state index contributed by atoms with van der Waals surface area (Å²) in [6, 6.07) is 8.40. The van der Waals surface area contributed by atoms with Crippen LogP contribution in [0.15, 0.2) is 59.0 Å². The van der Waals surface area contributed by atoms with Crippen LogP contribution in [0.25, 0.3) is 10.9 Å². The Labute approximate surface area is 198 Å². The molecular formula is C25H29N7O2. The van der Waals surface area contributed by atoms with Crippen molar-refractivity contribution in [2.75, 3.05) is 19.6 Å². The molecule has 9 nitrogen and oxygen atoms in total. The number of likely N-dealkylation sites (tertiary alicyclic amines) is 1. The molecule has 34 heavy (non-hydrogen) atoms. The van der Waals surface area contributed by atoms with Crippen LogP contribution in [0, 0.1) is 0 Å². The third-order valence-electron chi connectivity index (χ3n) is 6.97. The van der Waals surface area contributed by atoms with Crippen molar-refractivity contribution in [3.8, 4) is 0 Å². The molecule has 0 bridgehead atoms. The second-order valence-electron chi connectivity index (χ2n) is 9.49. The number of fused-ring (bicyclic) bond motifs is 2. The van der Waals surface area contributed by atoms with Crippen LogP contribution in [-0.4, -0.2) is 54.8 Å². The molecule has 5 heterocycles. The fourth-order valence-electron chi connectivity index (χ4n) is 5.08. The lowest BCUT2D eigenvalue weighted by Gasteiger charge is -2.24. The lowest BCUT2D eigenvalue weighted by Crippen LogP contribution is -2.29. The Morgan fingerprint density at radius 2 is 2.00 bits per heavy atom. The molecule has 0 amide bonds. The van der Waals surface area contributed by atoms with E-state index in [1.807, 2.05) is 46.2 Å². The second kappa shape index (κ2) is 8.39. The number of amidine groups is 1. The maximum absolute atomic E-state index is 13.4. The first-order valence-electron chi connectivity index (χ1n) is 12.0. The molecule has 176 valence electrons. The lowest BCUT2D eigenvalue weighted by molar-refractivity contribution is 0.320. The lowest BCUT2D eigenvalue weighted by atomic mass is 9.96. The smallest absolute Gasteiger partial charge is 0.298 e. The van der Waals surface area contributed by atoms with Crippen molar-refractivity contribution in [1.29, 1.82) is 0 Å². The average Bonchev–Trinajstić information content (AvgIpc) is 3.63. The Kier molecular flexibility index (Phi) is 5.21. The number of nitrogens with zero attached hydrogens (tertiary/aromatic N) is 7. The molecule has 0 N–H and O–H groups in total. The molecule has 6 rings (SSSR count). The standard InChI is InChI=1S/C25H29N7O2/c1-17(2)32-10-7-21(28-32)22-23(31-13-14-34-25(31)27-22)18-5-6-20-19(15-18)24(33)30(16-26-20)12-11-29-8-3-4-9-29/h5-7,10,13-17,22-23H,3-4,8-9,11-12H2,1-2H3. The Morgan fingerprint density at radius 1 is 1.15 bits per heavy atom. The highest BCUT2D eigenvalue weighted by Gasteiger charge is 2.41. The van der Waals surface area contributed by atoms with Crippen LogP contribution in [-0.2, 0) is 11.3 Å². The van der Waals surface area contributed by atoms with E-state index in [1.165, 1.54) is 12.8 Å². The van der Waals surface area contributed by atoms with Crippen molar-refractivity contribution in [1.82, 2.24) is 29.1 Å². The first kappa shape index (κ1) is 21.1. The first-order chi connectivity index (χ1) is 16.6. The van der Waals surface area contributed by atoms with Gasteiger partial charge in [-0.15, -0.1) is 0 Å². The molecule has 0 radical (unpaired) electrons. The zero-order chi connectivity index (χ0) is 23.2. The minimum absolute atomic E-state index is 0.000893. The number of ether oxygens (including phenoxy) is 1. The van der Waals surface area contributed by atoms with Gasteiger partial charge in [-0.3, -0.25) is 18.9 Å². The number of benzene rings is 1. The van der Waals surface area contributed by atoms with E-state index in [4.69, 9.17) is 14.8 Å². The van der Waals surface area contributed by atoms with Gasteiger partial charge in [0, 0.05) is 31.5 Å². The first-order valence-corrected chi connectivity index (χ1v) is 12.0. The van der Waals surface area contributed by atoms with Gasteiger partial charge in [-0.05, 0) is 63.5 Å². The number of hydrogen-bond donors (Lipinski definition) is 0. The molecule has 3 aliphatic heterocycles. The fraction of sp³-hybridized carbons (Fsp3) is 0.440. The summed E-state index contributed by atoms with van der Waals surface area (Å²) >= 11 is 0.